The number of hydrogen-bond donors (Lipinski definition) is 4. The number of hydrogen-bond acceptors (Lipinski definition) is 8. The maximum absolute atomic E-state index is 13.8. The van der Waals surface area contributed by atoms with E-state index in [9.17, 15) is 29.7 Å². The third kappa shape index (κ3) is 2.89. The van der Waals surface area contributed by atoms with Gasteiger partial charge in [0, 0.05) is 35.8 Å². The van der Waals surface area contributed by atoms with Gasteiger partial charge in [0.05, 0.1) is 6.04 Å². The Morgan fingerprint density at radius 1 is 1.18 bits per heavy atom. The predicted molar refractivity (Wildman–Crippen MR) is 123 cm³/mol. The van der Waals surface area contributed by atoms with Crippen molar-refractivity contribution in [2.45, 2.75) is 37.3 Å². The fraction of sp³-hybridized carbons (Fsp3) is 0.480. The van der Waals surface area contributed by atoms with Gasteiger partial charge in [0.2, 0.25) is 5.78 Å². The Bertz CT molecular complexity index is 1180. The lowest BCUT2D eigenvalue weighted by atomic mass is 9.58. The summed E-state index contributed by atoms with van der Waals surface area (Å²) in [5.74, 6) is -5.45. The molecule has 4 aliphatic rings. The lowest BCUT2D eigenvalue weighted by Gasteiger charge is -2.50. The van der Waals surface area contributed by atoms with Gasteiger partial charge in [0.25, 0.3) is 5.91 Å². The average Bonchev–Trinajstić information content (AvgIpc) is 3.30. The number of anilines is 1. The van der Waals surface area contributed by atoms with Gasteiger partial charge in [-0.25, -0.2) is 0 Å². The van der Waals surface area contributed by atoms with E-state index in [4.69, 9.17) is 5.73 Å². The first-order valence-electron chi connectivity index (χ1n) is 11.6. The standard InChI is InChI=1S/C25H29N3O6/c1-27(2)19-14-11-13-10-12-6-5-7-15(28-8-3-4-9-28)16(12)20(29)17(13)22(31)25(14,34)23(32)18(21(19)30)24(26)33/h5-7,13-14,19,30-31,34H,3-4,8-11H2,1-2H3,(H2,26,33)/t13?,14?,19-,25-/m0/s1. The van der Waals surface area contributed by atoms with Crippen molar-refractivity contribution in [2.24, 2.45) is 17.6 Å². The summed E-state index contributed by atoms with van der Waals surface area (Å²) in [6, 6.07) is 4.77. The van der Waals surface area contributed by atoms with Gasteiger partial charge in [-0.2, -0.15) is 0 Å². The van der Waals surface area contributed by atoms with Crippen LogP contribution in [0.4, 0.5) is 5.69 Å². The van der Waals surface area contributed by atoms with Crippen molar-refractivity contribution in [3.05, 3.63) is 52.0 Å². The van der Waals surface area contributed by atoms with Crippen LogP contribution in [-0.2, 0) is 16.0 Å². The molecule has 1 aromatic carbocycles. The molecule has 0 radical (unpaired) electrons. The molecule has 0 saturated carbocycles. The summed E-state index contributed by atoms with van der Waals surface area (Å²) in [5, 5.41) is 33.8. The van der Waals surface area contributed by atoms with E-state index < -0.39 is 58.0 Å². The molecule has 9 nitrogen and oxygen atoms in total. The minimum absolute atomic E-state index is 0.00830. The lowest BCUT2D eigenvalue weighted by Crippen LogP contribution is -2.63. The van der Waals surface area contributed by atoms with E-state index in [0.717, 1.165) is 37.2 Å². The molecule has 1 amide bonds. The second kappa shape index (κ2) is 7.68. The van der Waals surface area contributed by atoms with E-state index in [1.807, 2.05) is 18.2 Å². The van der Waals surface area contributed by atoms with Crippen molar-refractivity contribution < 1.29 is 29.7 Å². The number of nitrogens with zero attached hydrogens (tertiary/aromatic N) is 2. The largest absolute Gasteiger partial charge is 0.510 e. The maximum atomic E-state index is 13.8. The summed E-state index contributed by atoms with van der Waals surface area (Å²) in [6.45, 7) is 1.67. The molecule has 1 saturated heterocycles. The minimum atomic E-state index is -2.53. The maximum Gasteiger partial charge on any atom is 0.255 e. The van der Waals surface area contributed by atoms with Gasteiger partial charge in [-0.05, 0) is 57.3 Å². The van der Waals surface area contributed by atoms with Gasteiger partial charge in [-0.1, -0.05) is 12.1 Å². The van der Waals surface area contributed by atoms with Gasteiger partial charge in [-0.3, -0.25) is 19.3 Å². The van der Waals surface area contributed by atoms with Crippen LogP contribution in [0.5, 0.6) is 0 Å². The van der Waals surface area contributed by atoms with E-state index in [-0.39, 0.29) is 12.0 Å². The summed E-state index contributed by atoms with van der Waals surface area (Å²) in [4.78, 5) is 42.9. The Morgan fingerprint density at radius 2 is 1.85 bits per heavy atom. The van der Waals surface area contributed by atoms with Crippen LogP contribution in [-0.4, -0.2) is 76.5 Å². The second-order valence-corrected chi connectivity index (χ2v) is 9.97. The first-order chi connectivity index (χ1) is 16.1. The molecule has 2 unspecified atom stereocenters. The van der Waals surface area contributed by atoms with Crippen molar-refractivity contribution in [3.8, 4) is 0 Å². The molecule has 1 fully saturated rings. The van der Waals surface area contributed by atoms with E-state index >= 15 is 0 Å². The molecule has 1 heterocycles. The van der Waals surface area contributed by atoms with Crippen LogP contribution in [0.3, 0.4) is 0 Å². The van der Waals surface area contributed by atoms with Crippen molar-refractivity contribution in [3.63, 3.8) is 0 Å². The number of rotatable bonds is 3. The number of Topliss-reactive ketones (excluding diaryl/α,β-unsaturated/α-hetero) is 2. The molecule has 5 rings (SSSR count). The molecule has 4 atom stereocenters. The third-order valence-electron chi connectivity index (χ3n) is 7.91. The number of aliphatic hydroxyl groups is 3. The fourth-order valence-electron chi connectivity index (χ4n) is 6.41. The van der Waals surface area contributed by atoms with Gasteiger partial charge in [0.1, 0.15) is 17.1 Å². The summed E-state index contributed by atoms with van der Waals surface area (Å²) >= 11 is 0. The summed E-state index contributed by atoms with van der Waals surface area (Å²) < 4.78 is 0. The van der Waals surface area contributed by atoms with Crippen LogP contribution < -0.4 is 10.6 Å². The molecule has 0 aromatic heterocycles. The number of aliphatic hydroxyl groups excluding tert-OH is 2. The van der Waals surface area contributed by atoms with Crippen molar-refractivity contribution in [1.82, 2.24) is 4.90 Å². The molecule has 3 aliphatic carbocycles. The van der Waals surface area contributed by atoms with Crippen LogP contribution in [0.1, 0.15) is 35.2 Å². The lowest BCUT2D eigenvalue weighted by molar-refractivity contribution is -0.148. The predicted octanol–water partition coefficient (Wildman–Crippen LogP) is 1.02. The number of benzene rings is 1. The number of carbonyl (C=O) groups is 3. The smallest absolute Gasteiger partial charge is 0.255 e. The molecular formula is C25H29N3O6. The van der Waals surface area contributed by atoms with Gasteiger partial charge in [0.15, 0.2) is 11.4 Å². The number of carbonyl (C=O) groups excluding carboxylic acids is 3. The molecule has 1 aromatic rings. The van der Waals surface area contributed by atoms with E-state index in [2.05, 4.69) is 4.90 Å². The highest BCUT2D eigenvalue weighted by Gasteiger charge is 2.63. The topological polar surface area (TPSA) is 144 Å². The number of nitrogens with two attached hydrogens (primary N) is 1. The van der Waals surface area contributed by atoms with Crippen LogP contribution in [0.25, 0.3) is 0 Å². The zero-order valence-electron chi connectivity index (χ0n) is 19.2. The van der Waals surface area contributed by atoms with Gasteiger partial charge in [-0.15, -0.1) is 0 Å². The fourth-order valence-corrected chi connectivity index (χ4v) is 6.41. The Morgan fingerprint density at radius 3 is 2.47 bits per heavy atom. The molecule has 0 bridgehead atoms. The molecule has 34 heavy (non-hydrogen) atoms. The Kier molecular flexibility index (Phi) is 5.11. The van der Waals surface area contributed by atoms with Gasteiger partial charge >= 0.3 is 0 Å². The summed E-state index contributed by atoms with van der Waals surface area (Å²) in [7, 11) is 3.27. The normalized spacial score (nSPS) is 31.1. The first kappa shape index (κ1) is 22.6. The van der Waals surface area contributed by atoms with E-state index in [0.29, 0.717) is 12.0 Å². The molecule has 180 valence electrons. The zero-order valence-corrected chi connectivity index (χ0v) is 19.2. The quantitative estimate of drug-likeness (QED) is 0.482. The van der Waals surface area contributed by atoms with Crippen LogP contribution >= 0.6 is 0 Å². The highest BCUT2D eigenvalue weighted by Crippen LogP contribution is 2.52. The SMILES string of the molecule is CN(C)[C@@H]1C(O)=C(C(N)=O)C(=O)[C@@]2(O)C(O)=C3C(=O)c4c(cccc4N4CCCC4)CC3CC12. The number of allylic oxidation sites excluding steroid dienone is 1. The van der Waals surface area contributed by atoms with Crippen molar-refractivity contribution in [2.75, 3.05) is 32.1 Å². The molecule has 5 N–H and O–H groups in total. The molecule has 1 aliphatic heterocycles. The second-order valence-electron chi connectivity index (χ2n) is 9.97. The number of fused-ring (bicyclic) bond motifs is 3. The first-order valence-corrected chi connectivity index (χ1v) is 11.6. The summed E-state index contributed by atoms with van der Waals surface area (Å²) in [6.07, 6.45) is 2.68. The van der Waals surface area contributed by atoms with E-state index in [1.165, 1.54) is 0 Å². The molecular weight excluding hydrogens is 438 g/mol. The van der Waals surface area contributed by atoms with Crippen LogP contribution in [0.2, 0.25) is 0 Å². The van der Waals surface area contributed by atoms with Crippen LogP contribution in [0.15, 0.2) is 40.9 Å². The third-order valence-corrected chi connectivity index (χ3v) is 7.91. The van der Waals surface area contributed by atoms with Crippen molar-refractivity contribution in [1.29, 1.82) is 0 Å². The highest BCUT2D eigenvalue weighted by atomic mass is 16.3. The molecule has 9 heteroatoms. The highest BCUT2D eigenvalue weighted by molar-refractivity contribution is 6.25. The number of likely N-dealkylation sites (N-methyl/N-ethyl adjacent to an activating group) is 1. The zero-order chi connectivity index (χ0) is 24.5. The Balaban J connectivity index is 1.69. The Hall–Kier alpha value is -3.17. The number of ketones is 2. The van der Waals surface area contributed by atoms with Gasteiger partial charge < -0.3 is 26.0 Å². The molecule has 0 spiro atoms. The minimum Gasteiger partial charge on any atom is -0.510 e. The van der Waals surface area contributed by atoms with Crippen molar-refractivity contribution >= 4 is 23.2 Å². The summed E-state index contributed by atoms with van der Waals surface area (Å²) in [5.41, 5.74) is 4.25. The van der Waals surface area contributed by atoms with E-state index in [1.54, 1.807) is 19.0 Å². The number of primary amides is 1. The number of amides is 1. The van der Waals surface area contributed by atoms with Crippen LogP contribution in [0, 0.1) is 11.8 Å². The monoisotopic (exact) mass is 467 g/mol. The Labute approximate surface area is 197 Å². The average molecular weight is 468 g/mol.